The maximum Gasteiger partial charge on any atom is 0.298 e. The predicted octanol–water partition coefficient (Wildman–Crippen LogP) is 6.40. The molecule has 0 radical (unpaired) electrons. The van der Waals surface area contributed by atoms with Gasteiger partial charge in [0.1, 0.15) is 6.10 Å². The third kappa shape index (κ3) is 11.6. The molecule has 0 N–H and O–H groups in total. The van der Waals surface area contributed by atoms with Gasteiger partial charge in [-0.2, -0.15) is 0 Å². The first-order valence-electron chi connectivity index (χ1n) is 12.7. The van der Waals surface area contributed by atoms with Crippen molar-refractivity contribution in [3.63, 3.8) is 0 Å². The van der Waals surface area contributed by atoms with Crippen molar-refractivity contribution in [2.24, 2.45) is 0 Å². The Labute approximate surface area is 196 Å². The van der Waals surface area contributed by atoms with Crippen molar-refractivity contribution in [1.29, 1.82) is 0 Å². The first kappa shape index (κ1) is 31.6. The number of alkyl halides is 2. The number of ether oxygens (including phenoxy) is 3. The average molecular weight is 483 g/mol. The Morgan fingerprint density at radius 3 is 1.75 bits per heavy atom. The van der Waals surface area contributed by atoms with E-state index in [9.17, 15) is 13.6 Å². The predicted molar refractivity (Wildman–Crippen MR) is 128 cm³/mol. The summed E-state index contributed by atoms with van der Waals surface area (Å²) in [5, 5.41) is 0. The standard InChI is InChI=1S/C24H48F2O5Si/c1-7-13-16-28-19-20(31-32(10-4,11-5)12-6)22(29-17-14-8-2)23(21(27)24(25)26)30-18-15-9-3/h20,22-24H,7-19H2,1-6H3/t20-,22-,23+/m1/s1. The summed E-state index contributed by atoms with van der Waals surface area (Å²) < 4.78 is 51.5. The lowest BCUT2D eigenvalue weighted by molar-refractivity contribution is -0.166. The molecule has 32 heavy (non-hydrogen) atoms. The zero-order chi connectivity index (χ0) is 24.4. The average Bonchev–Trinajstić information content (AvgIpc) is 2.80. The van der Waals surface area contributed by atoms with E-state index in [-0.39, 0.29) is 13.2 Å². The number of hydrogen-bond donors (Lipinski definition) is 0. The van der Waals surface area contributed by atoms with Crippen molar-refractivity contribution >= 4 is 14.1 Å². The van der Waals surface area contributed by atoms with Crippen molar-refractivity contribution in [3.05, 3.63) is 0 Å². The molecule has 0 aliphatic carbocycles. The summed E-state index contributed by atoms with van der Waals surface area (Å²) in [6, 6.07) is 2.70. The third-order valence-corrected chi connectivity index (χ3v) is 10.7. The summed E-state index contributed by atoms with van der Waals surface area (Å²) in [6.07, 6.45) is -0.941. The molecule has 0 unspecified atom stereocenters. The second-order valence-electron chi connectivity index (χ2n) is 8.37. The van der Waals surface area contributed by atoms with Gasteiger partial charge < -0.3 is 18.6 Å². The van der Waals surface area contributed by atoms with Crippen LogP contribution >= 0.6 is 0 Å². The molecule has 0 aromatic carbocycles. The first-order chi connectivity index (χ1) is 15.4. The fourth-order valence-electron chi connectivity index (χ4n) is 3.53. The largest absolute Gasteiger partial charge is 0.409 e. The maximum atomic E-state index is 13.5. The van der Waals surface area contributed by atoms with Crippen LogP contribution in [0, 0.1) is 0 Å². The van der Waals surface area contributed by atoms with Crippen molar-refractivity contribution in [3.8, 4) is 0 Å². The van der Waals surface area contributed by atoms with Crippen molar-refractivity contribution < 1.29 is 32.2 Å². The van der Waals surface area contributed by atoms with E-state index in [4.69, 9.17) is 18.6 Å². The molecule has 0 heterocycles. The number of Topliss-reactive ketones (excluding diaryl/α,β-unsaturated/α-hetero) is 1. The highest BCUT2D eigenvalue weighted by Crippen LogP contribution is 2.28. The van der Waals surface area contributed by atoms with E-state index in [1.54, 1.807) is 0 Å². The van der Waals surface area contributed by atoms with Gasteiger partial charge in [0, 0.05) is 19.8 Å². The smallest absolute Gasteiger partial charge is 0.298 e. The van der Waals surface area contributed by atoms with Crippen LogP contribution < -0.4 is 0 Å². The summed E-state index contributed by atoms with van der Waals surface area (Å²) >= 11 is 0. The van der Waals surface area contributed by atoms with Gasteiger partial charge in [-0.25, -0.2) is 8.78 Å². The molecule has 5 nitrogen and oxygen atoms in total. The van der Waals surface area contributed by atoms with Crippen LogP contribution in [0.5, 0.6) is 0 Å². The lowest BCUT2D eigenvalue weighted by atomic mass is 10.0. The van der Waals surface area contributed by atoms with E-state index in [1.165, 1.54) is 0 Å². The van der Waals surface area contributed by atoms with Gasteiger partial charge in [0.15, 0.2) is 14.4 Å². The van der Waals surface area contributed by atoms with Crippen molar-refractivity contribution in [1.82, 2.24) is 0 Å². The van der Waals surface area contributed by atoms with Crippen LogP contribution in [0.15, 0.2) is 0 Å². The molecular formula is C24H48F2O5Si. The second-order valence-corrected chi connectivity index (χ2v) is 13.1. The summed E-state index contributed by atoms with van der Waals surface area (Å²) in [6.45, 7) is 13.8. The highest BCUT2D eigenvalue weighted by molar-refractivity contribution is 6.73. The summed E-state index contributed by atoms with van der Waals surface area (Å²) in [7, 11) is -2.12. The van der Waals surface area contributed by atoms with Crippen LogP contribution in [0.25, 0.3) is 0 Å². The molecule has 0 fully saturated rings. The number of unbranched alkanes of at least 4 members (excludes halogenated alkanes) is 3. The van der Waals surface area contributed by atoms with Crippen molar-refractivity contribution in [2.75, 3.05) is 26.4 Å². The molecule has 192 valence electrons. The summed E-state index contributed by atoms with van der Waals surface area (Å²) in [5.74, 6) is -1.23. The molecule has 0 amide bonds. The summed E-state index contributed by atoms with van der Waals surface area (Å²) in [4.78, 5) is 12.5. The minimum Gasteiger partial charge on any atom is -0.409 e. The highest BCUT2D eigenvalue weighted by atomic mass is 28.4. The van der Waals surface area contributed by atoms with Gasteiger partial charge in [0.2, 0.25) is 5.78 Å². The summed E-state index contributed by atoms with van der Waals surface area (Å²) in [5.41, 5.74) is 0. The molecule has 0 saturated heterocycles. The fraction of sp³-hybridized carbons (Fsp3) is 0.958. The van der Waals surface area contributed by atoms with Gasteiger partial charge in [-0.15, -0.1) is 0 Å². The molecule has 0 bridgehead atoms. The van der Waals surface area contributed by atoms with Crippen LogP contribution in [0.4, 0.5) is 8.78 Å². The van der Waals surface area contributed by atoms with Gasteiger partial charge in [0.25, 0.3) is 6.43 Å². The van der Waals surface area contributed by atoms with E-state index in [2.05, 4.69) is 27.7 Å². The zero-order valence-corrected chi connectivity index (χ0v) is 22.3. The Balaban J connectivity index is 5.98. The van der Waals surface area contributed by atoms with Gasteiger partial charge in [-0.05, 0) is 37.4 Å². The van der Waals surface area contributed by atoms with Crippen LogP contribution in [-0.4, -0.2) is 65.3 Å². The minimum atomic E-state index is -3.12. The Hall–Kier alpha value is -0.413. The maximum absolute atomic E-state index is 13.5. The van der Waals surface area contributed by atoms with E-state index < -0.39 is 38.8 Å². The van der Waals surface area contributed by atoms with E-state index in [0.717, 1.165) is 50.2 Å². The molecule has 0 aliphatic heterocycles. The quantitative estimate of drug-likeness (QED) is 0.132. The van der Waals surface area contributed by atoms with Crippen LogP contribution in [0.3, 0.4) is 0 Å². The molecule has 3 atom stereocenters. The molecule has 0 spiro atoms. The second kappa shape index (κ2) is 19.0. The van der Waals surface area contributed by atoms with Crippen molar-refractivity contribution in [2.45, 2.75) is 123 Å². The van der Waals surface area contributed by atoms with E-state index in [0.29, 0.717) is 19.6 Å². The number of hydrogen-bond acceptors (Lipinski definition) is 5. The van der Waals surface area contributed by atoms with Gasteiger partial charge in [-0.1, -0.05) is 60.8 Å². The number of ketones is 1. The highest BCUT2D eigenvalue weighted by Gasteiger charge is 2.43. The Morgan fingerprint density at radius 1 is 0.781 bits per heavy atom. The number of carbonyl (C=O) groups excluding carboxylic acids is 1. The lowest BCUT2D eigenvalue weighted by Gasteiger charge is -2.39. The van der Waals surface area contributed by atoms with Gasteiger partial charge in [0.05, 0.1) is 12.7 Å². The molecule has 8 heteroatoms. The molecular weight excluding hydrogens is 434 g/mol. The Bertz CT molecular complexity index is 455. The fourth-order valence-corrected chi connectivity index (χ4v) is 6.38. The number of halogens is 2. The van der Waals surface area contributed by atoms with Crippen LogP contribution in [-0.2, 0) is 23.4 Å². The van der Waals surface area contributed by atoms with Crippen LogP contribution in [0.2, 0.25) is 18.1 Å². The molecule has 0 rings (SSSR count). The first-order valence-corrected chi connectivity index (χ1v) is 15.2. The zero-order valence-electron chi connectivity index (χ0n) is 21.3. The molecule has 0 aliphatic rings. The monoisotopic (exact) mass is 482 g/mol. The van der Waals surface area contributed by atoms with Gasteiger partial charge >= 0.3 is 0 Å². The Morgan fingerprint density at radius 2 is 1.28 bits per heavy atom. The topological polar surface area (TPSA) is 54.0 Å². The molecule has 0 aromatic rings. The van der Waals surface area contributed by atoms with Crippen LogP contribution in [0.1, 0.15) is 80.1 Å². The molecule has 0 saturated carbocycles. The Kier molecular flexibility index (Phi) is 18.7. The van der Waals surface area contributed by atoms with Gasteiger partial charge in [-0.3, -0.25) is 4.79 Å². The normalized spacial score (nSPS) is 15.2. The number of rotatable bonds is 22. The van der Waals surface area contributed by atoms with E-state index >= 15 is 0 Å². The number of carbonyl (C=O) groups is 1. The SMILES string of the molecule is CCCCOC[C@@H](O[Si](CC)(CC)CC)[C@@H](OCCCC)[C@@H](OCCCC)C(=O)C(F)F. The molecule has 0 aromatic heterocycles. The lowest BCUT2D eigenvalue weighted by Crippen LogP contribution is -2.54. The van der Waals surface area contributed by atoms with E-state index in [1.807, 2.05) is 13.8 Å². The minimum absolute atomic E-state index is 0.204. The third-order valence-electron chi connectivity index (χ3n) is 6.02.